The van der Waals surface area contributed by atoms with Crippen LogP contribution < -0.4 is 5.32 Å². The molecule has 0 radical (unpaired) electrons. The van der Waals surface area contributed by atoms with Gasteiger partial charge in [-0.25, -0.2) is 0 Å². The van der Waals surface area contributed by atoms with Crippen LogP contribution in [0.5, 0.6) is 5.75 Å². The van der Waals surface area contributed by atoms with Gasteiger partial charge in [0.25, 0.3) is 0 Å². The van der Waals surface area contributed by atoms with Crippen LogP contribution in [0.15, 0.2) is 24.3 Å². The number of nitrogens with one attached hydrogen (secondary N) is 1. The number of hydrogen-bond acceptors (Lipinski definition) is 3. The number of aliphatic carboxylic acids is 1. The molecule has 86 valence electrons. The Balaban J connectivity index is 2.34. The minimum Gasteiger partial charge on any atom is -0.508 e. The van der Waals surface area contributed by atoms with Gasteiger partial charge >= 0.3 is 5.97 Å². The minimum atomic E-state index is -0.993. The van der Waals surface area contributed by atoms with Crippen molar-refractivity contribution >= 4 is 11.9 Å². The Kier molecular flexibility index (Phi) is 4.32. The number of carbonyl (C=O) groups excluding carboxylic acids is 1. The average Bonchev–Trinajstić information content (AvgIpc) is 2.23. The van der Waals surface area contributed by atoms with E-state index in [4.69, 9.17) is 10.2 Å². The average molecular weight is 223 g/mol. The Morgan fingerprint density at radius 3 is 2.62 bits per heavy atom. The van der Waals surface area contributed by atoms with E-state index in [0.717, 1.165) is 5.56 Å². The van der Waals surface area contributed by atoms with Gasteiger partial charge < -0.3 is 15.5 Å². The van der Waals surface area contributed by atoms with Crippen LogP contribution >= 0.6 is 0 Å². The van der Waals surface area contributed by atoms with Crippen molar-refractivity contribution in [1.82, 2.24) is 5.32 Å². The molecule has 0 spiro atoms. The van der Waals surface area contributed by atoms with E-state index >= 15 is 0 Å². The molecule has 5 heteroatoms. The zero-order valence-electron chi connectivity index (χ0n) is 8.64. The number of benzene rings is 1. The topological polar surface area (TPSA) is 86.6 Å². The summed E-state index contributed by atoms with van der Waals surface area (Å²) in [5, 5.41) is 20.1. The predicted molar refractivity (Wildman–Crippen MR) is 56.8 cm³/mol. The van der Waals surface area contributed by atoms with Crippen molar-refractivity contribution in [3.05, 3.63) is 29.8 Å². The molecule has 0 fully saturated rings. The van der Waals surface area contributed by atoms with Gasteiger partial charge in [-0.05, 0) is 17.7 Å². The summed E-state index contributed by atoms with van der Waals surface area (Å²) in [4.78, 5) is 21.4. The Bertz CT molecular complexity index is 389. The third-order valence-electron chi connectivity index (χ3n) is 1.97. The molecule has 5 nitrogen and oxygen atoms in total. The predicted octanol–water partition coefficient (Wildman–Crippen LogP) is 0.873. The van der Waals surface area contributed by atoms with E-state index in [2.05, 4.69) is 5.32 Å². The molecule has 0 saturated carbocycles. The number of phenols is 1. The van der Waals surface area contributed by atoms with Crippen LogP contribution in [0.1, 0.15) is 18.4 Å². The van der Waals surface area contributed by atoms with Gasteiger partial charge in [-0.1, -0.05) is 12.1 Å². The molecule has 0 atom stereocenters. The summed E-state index contributed by atoms with van der Waals surface area (Å²) >= 11 is 0. The SMILES string of the molecule is O=C(O)CCC(=O)NCc1cccc(O)c1. The summed E-state index contributed by atoms with van der Waals surface area (Å²) in [5.74, 6) is -1.17. The van der Waals surface area contributed by atoms with Gasteiger partial charge in [0.1, 0.15) is 5.75 Å². The first-order chi connectivity index (χ1) is 7.58. The third kappa shape index (κ3) is 4.45. The lowest BCUT2D eigenvalue weighted by Crippen LogP contribution is -2.23. The van der Waals surface area contributed by atoms with Gasteiger partial charge in [0.05, 0.1) is 6.42 Å². The lowest BCUT2D eigenvalue weighted by Gasteiger charge is -2.04. The highest BCUT2D eigenvalue weighted by Gasteiger charge is 2.04. The second-order valence-corrected chi connectivity index (χ2v) is 3.34. The normalized spacial score (nSPS) is 9.75. The quantitative estimate of drug-likeness (QED) is 0.691. The van der Waals surface area contributed by atoms with Crippen molar-refractivity contribution in [2.24, 2.45) is 0 Å². The lowest BCUT2D eigenvalue weighted by molar-refractivity contribution is -0.138. The Morgan fingerprint density at radius 1 is 1.25 bits per heavy atom. The Labute approximate surface area is 92.7 Å². The number of carbonyl (C=O) groups is 2. The maximum absolute atomic E-state index is 11.2. The molecule has 0 aliphatic heterocycles. The molecule has 1 amide bonds. The fraction of sp³-hybridized carbons (Fsp3) is 0.273. The summed E-state index contributed by atoms with van der Waals surface area (Å²) in [5.41, 5.74) is 0.767. The monoisotopic (exact) mass is 223 g/mol. The van der Waals surface area contributed by atoms with Gasteiger partial charge in [0, 0.05) is 13.0 Å². The molecular weight excluding hydrogens is 210 g/mol. The van der Waals surface area contributed by atoms with E-state index in [-0.39, 0.29) is 31.0 Å². The molecular formula is C11H13NO4. The molecule has 1 rings (SSSR count). The summed E-state index contributed by atoms with van der Waals surface area (Å²) in [6.07, 6.45) is -0.208. The number of carboxylic acid groups (broad SMARTS) is 1. The van der Waals surface area contributed by atoms with Crippen LogP contribution in [-0.2, 0) is 16.1 Å². The number of phenolic OH excluding ortho intramolecular Hbond substituents is 1. The number of hydrogen-bond donors (Lipinski definition) is 3. The second-order valence-electron chi connectivity index (χ2n) is 3.34. The summed E-state index contributed by atoms with van der Waals surface area (Å²) < 4.78 is 0. The van der Waals surface area contributed by atoms with E-state index in [1.807, 2.05) is 0 Å². The first-order valence-electron chi connectivity index (χ1n) is 4.84. The summed E-state index contributed by atoms with van der Waals surface area (Å²) in [6.45, 7) is 0.285. The van der Waals surface area contributed by atoms with Crippen LogP contribution in [0.4, 0.5) is 0 Å². The van der Waals surface area contributed by atoms with Crippen molar-refractivity contribution in [3.8, 4) is 5.75 Å². The standard InChI is InChI=1S/C11H13NO4/c13-9-3-1-2-8(6-9)7-12-10(14)4-5-11(15)16/h1-3,6,13H,4-5,7H2,(H,12,14)(H,15,16). The fourth-order valence-corrected chi connectivity index (χ4v) is 1.18. The first kappa shape index (κ1) is 12.0. The molecule has 0 saturated heterocycles. The molecule has 0 bridgehead atoms. The van der Waals surface area contributed by atoms with Crippen LogP contribution in [0.25, 0.3) is 0 Å². The second kappa shape index (κ2) is 5.75. The zero-order chi connectivity index (χ0) is 12.0. The fourth-order valence-electron chi connectivity index (χ4n) is 1.18. The van der Waals surface area contributed by atoms with Crippen molar-refractivity contribution in [3.63, 3.8) is 0 Å². The van der Waals surface area contributed by atoms with Crippen molar-refractivity contribution in [2.45, 2.75) is 19.4 Å². The maximum Gasteiger partial charge on any atom is 0.303 e. The highest BCUT2D eigenvalue weighted by molar-refractivity contribution is 5.80. The zero-order valence-corrected chi connectivity index (χ0v) is 8.64. The van der Waals surface area contributed by atoms with Crippen LogP contribution in [0.2, 0.25) is 0 Å². The van der Waals surface area contributed by atoms with E-state index in [1.165, 1.54) is 12.1 Å². The number of carboxylic acids is 1. The van der Waals surface area contributed by atoms with Gasteiger partial charge in [-0.15, -0.1) is 0 Å². The van der Waals surface area contributed by atoms with Crippen LogP contribution in [0, 0.1) is 0 Å². The smallest absolute Gasteiger partial charge is 0.303 e. The largest absolute Gasteiger partial charge is 0.508 e. The molecule has 3 N–H and O–H groups in total. The van der Waals surface area contributed by atoms with E-state index in [0.29, 0.717) is 0 Å². The molecule has 0 aliphatic carbocycles. The molecule has 0 unspecified atom stereocenters. The van der Waals surface area contributed by atoms with E-state index in [9.17, 15) is 9.59 Å². The molecule has 0 heterocycles. The number of rotatable bonds is 5. The minimum absolute atomic E-state index is 0.0336. The van der Waals surface area contributed by atoms with Crippen LogP contribution in [-0.4, -0.2) is 22.1 Å². The van der Waals surface area contributed by atoms with E-state index in [1.54, 1.807) is 12.1 Å². The summed E-state index contributed by atoms with van der Waals surface area (Å²) in [6, 6.07) is 6.51. The number of amides is 1. The first-order valence-corrected chi connectivity index (χ1v) is 4.84. The van der Waals surface area contributed by atoms with Gasteiger partial charge in [0.15, 0.2) is 0 Å². The third-order valence-corrected chi connectivity index (χ3v) is 1.97. The van der Waals surface area contributed by atoms with Crippen molar-refractivity contribution < 1.29 is 19.8 Å². The van der Waals surface area contributed by atoms with Crippen molar-refractivity contribution in [2.75, 3.05) is 0 Å². The molecule has 0 aliphatic rings. The maximum atomic E-state index is 11.2. The van der Waals surface area contributed by atoms with Gasteiger partial charge in [0.2, 0.25) is 5.91 Å². The van der Waals surface area contributed by atoms with Crippen LogP contribution in [0.3, 0.4) is 0 Å². The van der Waals surface area contributed by atoms with Crippen molar-refractivity contribution in [1.29, 1.82) is 0 Å². The van der Waals surface area contributed by atoms with E-state index < -0.39 is 5.97 Å². The number of aromatic hydroxyl groups is 1. The highest BCUT2D eigenvalue weighted by atomic mass is 16.4. The lowest BCUT2D eigenvalue weighted by atomic mass is 10.2. The highest BCUT2D eigenvalue weighted by Crippen LogP contribution is 2.10. The molecule has 0 aromatic heterocycles. The Morgan fingerprint density at radius 2 is 2.00 bits per heavy atom. The van der Waals surface area contributed by atoms with Gasteiger partial charge in [-0.3, -0.25) is 9.59 Å². The van der Waals surface area contributed by atoms with Gasteiger partial charge in [-0.2, -0.15) is 0 Å². The molecule has 1 aromatic carbocycles. The molecule has 16 heavy (non-hydrogen) atoms. The summed E-state index contributed by atoms with van der Waals surface area (Å²) in [7, 11) is 0. The molecule has 1 aromatic rings. The Hall–Kier alpha value is -2.04.